The summed E-state index contributed by atoms with van der Waals surface area (Å²) in [5.41, 5.74) is 0.827. The topological polar surface area (TPSA) is 66.4 Å². The fraction of sp³-hybridized carbons (Fsp3) is 0.167. The number of benzene rings is 1. The second kappa shape index (κ2) is 3.90. The lowest BCUT2D eigenvalue weighted by molar-refractivity contribution is -0.112. The smallest absolute Gasteiger partial charge is 0.234 e. The molecule has 0 heterocycles. The van der Waals surface area contributed by atoms with Gasteiger partial charge < -0.3 is 10.4 Å². The monoisotopic (exact) mass is 217 g/mol. The second-order valence-corrected chi connectivity index (χ2v) is 3.56. The molecule has 4 nitrogen and oxygen atoms in total. The van der Waals surface area contributed by atoms with Crippen molar-refractivity contribution in [3.8, 4) is 0 Å². The first-order chi connectivity index (χ1) is 7.66. The fourth-order valence-corrected chi connectivity index (χ4v) is 1.76. The molecule has 0 unspecified atom stereocenters. The quantitative estimate of drug-likeness (QED) is 0.723. The molecule has 0 spiro atoms. The Morgan fingerprint density at radius 3 is 2.38 bits per heavy atom. The third-order valence-corrected chi connectivity index (χ3v) is 2.55. The lowest BCUT2D eigenvalue weighted by atomic mass is 9.88. The Labute approximate surface area is 92.6 Å². The Kier molecular flexibility index (Phi) is 2.58. The molecule has 16 heavy (non-hydrogen) atoms. The molecule has 0 saturated carbocycles. The Hall–Kier alpha value is -1.94. The molecule has 1 aliphatic carbocycles. The number of carbonyl (C=O) groups excluding carboxylic acids is 2. The molecule has 0 atom stereocenters. The molecule has 2 N–H and O–H groups in total. The van der Waals surface area contributed by atoms with Crippen LogP contribution >= 0.6 is 0 Å². The van der Waals surface area contributed by atoms with E-state index in [0.29, 0.717) is 5.56 Å². The van der Waals surface area contributed by atoms with Gasteiger partial charge in [0.05, 0.1) is 5.57 Å². The summed E-state index contributed by atoms with van der Waals surface area (Å²) in [6, 6.07) is 6.56. The van der Waals surface area contributed by atoms with Crippen molar-refractivity contribution in [3.05, 3.63) is 41.0 Å². The van der Waals surface area contributed by atoms with Crippen molar-refractivity contribution in [1.82, 2.24) is 5.32 Å². The van der Waals surface area contributed by atoms with E-state index in [1.54, 1.807) is 31.3 Å². The predicted molar refractivity (Wildman–Crippen MR) is 59.3 cm³/mol. The number of ketones is 2. The lowest BCUT2D eigenvalue weighted by Gasteiger charge is -2.17. The van der Waals surface area contributed by atoms with E-state index in [0.717, 1.165) is 0 Å². The molecular formula is C12H11NO3. The number of fused-ring (bicyclic) bond motifs is 1. The number of aliphatic hydroxyl groups excluding tert-OH is 1. The van der Waals surface area contributed by atoms with Gasteiger partial charge in [0.2, 0.25) is 11.6 Å². The van der Waals surface area contributed by atoms with Crippen LogP contribution < -0.4 is 5.32 Å². The molecule has 0 amide bonds. The maximum absolute atomic E-state index is 11.7. The van der Waals surface area contributed by atoms with Gasteiger partial charge in [-0.3, -0.25) is 9.59 Å². The number of aliphatic hydroxyl groups is 1. The van der Waals surface area contributed by atoms with Crippen molar-refractivity contribution >= 4 is 17.3 Å². The fourth-order valence-electron chi connectivity index (χ4n) is 1.76. The zero-order valence-corrected chi connectivity index (χ0v) is 8.78. The van der Waals surface area contributed by atoms with E-state index in [1.807, 2.05) is 0 Å². The van der Waals surface area contributed by atoms with Crippen LogP contribution in [-0.4, -0.2) is 30.3 Å². The van der Waals surface area contributed by atoms with Crippen LogP contribution in [0.2, 0.25) is 0 Å². The summed E-state index contributed by atoms with van der Waals surface area (Å²) in [4.78, 5) is 23.4. The highest BCUT2D eigenvalue weighted by Gasteiger charge is 2.31. The molecule has 0 aromatic heterocycles. The minimum Gasteiger partial charge on any atom is -0.507 e. The minimum atomic E-state index is -0.634. The number of likely N-dealkylation sites (N-methyl/N-ethyl adjacent to an activating group) is 1. The summed E-state index contributed by atoms with van der Waals surface area (Å²) >= 11 is 0. The van der Waals surface area contributed by atoms with Crippen molar-refractivity contribution in [2.45, 2.75) is 0 Å². The first kappa shape index (κ1) is 10.6. The molecule has 0 radical (unpaired) electrons. The van der Waals surface area contributed by atoms with Gasteiger partial charge in [-0.2, -0.15) is 0 Å². The molecule has 0 aliphatic heterocycles. The zero-order chi connectivity index (χ0) is 11.7. The van der Waals surface area contributed by atoms with Crippen molar-refractivity contribution in [2.75, 3.05) is 13.6 Å². The summed E-state index contributed by atoms with van der Waals surface area (Å²) < 4.78 is 0. The summed E-state index contributed by atoms with van der Waals surface area (Å²) in [7, 11) is 1.65. The molecule has 0 fully saturated rings. The highest BCUT2D eigenvalue weighted by atomic mass is 16.3. The Morgan fingerprint density at radius 2 is 1.75 bits per heavy atom. The van der Waals surface area contributed by atoms with E-state index in [9.17, 15) is 14.7 Å². The number of hydrogen-bond acceptors (Lipinski definition) is 4. The first-order valence-corrected chi connectivity index (χ1v) is 4.92. The zero-order valence-electron chi connectivity index (χ0n) is 8.78. The summed E-state index contributed by atoms with van der Waals surface area (Å²) in [5.74, 6) is -1.29. The largest absolute Gasteiger partial charge is 0.507 e. The van der Waals surface area contributed by atoms with E-state index in [4.69, 9.17) is 0 Å². The molecule has 0 saturated heterocycles. The van der Waals surface area contributed by atoms with Gasteiger partial charge in [-0.05, 0) is 7.05 Å². The Morgan fingerprint density at radius 1 is 1.12 bits per heavy atom. The maximum atomic E-state index is 11.7. The van der Waals surface area contributed by atoms with Crippen LogP contribution in [0.1, 0.15) is 15.9 Å². The van der Waals surface area contributed by atoms with Gasteiger partial charge in [0.15, 0.2) is 0 Å². The molecule has 4 heteroatoms. The third-order valence-electron chi connectivity index (χ3n) is 2.55. The van der Waals surface area contributed by atoms with Gasteiger partial charge in [0, 0.05) is 17.7 Å². The Bertz CT molecular complexity index is 503. The lowest BCUT2D eigenvalue weighted by Crippen LogP contribution is -2.29. The van der Waals surface area contributed by atoms with Gasteiger partial charge in [0.25, 0.3) is 0 Å². The van der Waals surface area contributed by atoms with E-state index in [2.05, 4.69) is 5.32 Å². The van der Waals surface area contributed by atoms with Gasteiger partial charge in [-0.25, -0.2) is 0 Å². The second-order valence-electron chi connectivity index (χ2n) is 3.56. The number of Topliss-reactive ketones (excluding diaryl/α,β-unsaturated/α-hetero) is 2. The van der Waals surface area contributed by atoms with Crippen LogP contribution in [0.25, 0.3) is 5.76 Å². The molecule has 0 bridgehead atoms. The van der Waals surface area contributed by atoms with Gasteiger partial charge >= 0.3 is 0 Å². The van der Waals surface area contributed by atoms with Gasteiger partial charge in [0.1, 0.15) is 5.76 Å². The molecule has 1 aliphatic rings. The maximum Gasteiger partial charge on any atom is 0.234 e. The van der Waals surface area contributed by atoms with E-state index >= 15 is 0 Å². The van der Waals surface area contributed by atoms with Crippen LogP contribution in [0.3, 0.4) is 0 Å². The molecule has 1 aromatic rings. The molecule has 1 aromatic carbocycles. The van der Waals surface area contributed by atoms with Crippen molar-refractivity contribution < 1.29 is 14.7 Å². The van der Waals surface area contributed by atoms with Crippen molar-refractivity contribution in [1.29, 1.82) is 0 Å². The number of rotatable bonds is 2. The van der Waals surface area contributed by atoms with Crippen molar-refractivity contribution in [2.24, 2.45) is 0 Å². The van der Waals surface area contributed by atoms with Gasteiger partial charge in [-0.15, -0.1) is 0 Å². The predicted octanol–water partition coefficient (Wildman–Crippen LogP) is 0.941. The summed E-state index contributed by atoms with van der Waals surface area (Å²) in [6.45, 7) is 0.185. The highest BCUT2D eigenvalue weighted by molar-refractivity contribution is 6.52. The summed E-state index contributed by atoms with van der Waals surface area (Å²) in [5, 5.41) is 12.7. The molecule has 82 valence electrons. The highest BCUT2D eigenvalue weighted by Crippen LogP contribution is 2.26. The average Bonchev–Trinajstić information content (AvgIpc) is 2.32. The standard InChI is InChI=1S/C12H11NO3/c1-13-6-9-10(14)7-4-2-3-5-8(7)11(15)12(9)16/h2-5,13-14H,6H2,1H3. The van der Waals surface area contributed by atoms with E-state index in [1.165, 1.54) is 0 Å². The normalized spacial score (nSPS) is 15.3. The van der Waals surface area contributed by atoms with E-state index in [-0.39, 0.29) is 23.4 Å². The van der Waals surface area contributed by atoms with Crippen LogP contribution in [0.4, 0.5) is 0 Å². The number of nitrogens with one attached hydrogen (secondary N) is 1. The average molecular weight is 217 g/mol. The number of hydrogen-bond donors (Lipinski definition) is 2. The molecule has 2 rings (SSSR count). The van der Waals surface area contributed by atoms with Crippen LogP contribution in [0.5, 0.6) is 0 Å². The Balaban J connectivity index is 2.64. The van der Waals surface area contributed by atoms with E-state index < -0.39 is 11.6 Å². The molecular weight excluding hydrogens is 206 g/mol. The van der Waals surface area contributed by atoms with Gasteiger partial charge in [-0.1, -0.05) is 24.3 Å². The third kappa shape index (κ3) is 1.44. The SMILES string of the molecule is CNCC1=C(O)c2ccccc2C(=O)C1=O. The van der Waals surface area contributed by atoms with Crippen LogP contribution in [0.15, 0.2) is 29.8 Å². The van der Waals surface area contributed by atoms with Crippen LogP contribution in [-0.2, 0) is 4.79 Å². The first-order valence-electron chi connectivity index (χ1n) is 4.92. The summed E-state index contributed by atoms with van der Waals surface area (Å²) in [6.07, 6.45) is 0. The van der Waals surface area contributed by atoms with Crippen molar-refractivity contribution in [3.63, 3.8) is 0 Å². The van der Waals surface area contributed by atoms with Crippen LogP contribution in [0, 0.1) is 0 Å². The number of carbonyl (C=O) groups is 2. The minimum absolute atomic E-state index is 0.102.